The Morgan fingerprint density at radius 2 is 1.59 bits per heavy atom. The van der Waals surface area contributed by atoms with Gasteiger partial charge < -0.3 is 26.2 Å². The molecule has 0 heterocycles. The molecule has 1 aliphatic rings. The second-order valence-corrected chi connectivity index (χ2v) is 9.45. The van der Waals surface area contributed by atoms with Crippen LogP contribution in [-0.2, 0) is 19.4 Å². The Bertz CT molecular complexity index is 1220. The maximum Gasteiger partial charge on any atom is 0.322 e. The number of hydrogen-bond acceptors (Lipinski definition) is 4. The van der Waals surface area contributed by atoms with Gasteiger partial charge in [-0.2, -0.15) is 0 Å². The molecule has 0 radical (unpaired) electrons. The van der Waals surface area contributed by atoms with Crippen molar-refractivity contribution in [3.63, 3.8) is 0 Å². The molecule has 0 aromatic heterocycles. The van der Waals surface area contributed by atoms with Crippen LogP contribution in [0, 0.1) is 0 Å². The van der Waals surface area contributed by atoms with E-state index in [2.05, 4.69) is 41.5 Å². The van der Waals surface area contributed by atoms with E-state index >= 15 is 0 Å². The summed E-state index contributed by atoms with van der Waals surface area (Å²) < 4.78 is 0. The zero-order valence-corrected chi connectivity index (χ0v) is 21.8. The molecular weight excluding hydrogens is 462 g/mol. The molecule has 4 N–H and O–H groups in total. The Morgan fingerprint density at radius 1 is 0.865 bits per heavy atom. The van der Waals surface area contributed by atoms with E-state index in [9.17, 15) is 9.59 Å². The van der Waals surface area contributed by atoms with E-state index in [1.165, 1.54) is 17.5 Å². The minimum atomic E-state index is -0.225. The van der Waals surface area contributed by atoms with Crippen molar-refractivity contribution in [1.29, 1.82) is 0 Å². The van der Waals surface area contributed by atoms with Crippen LogP contribution in [0.4, 0.5) is 21.9 Å². The molecule has 1 aliphatic carbocycles. The molecular formula is C30H37N5O2. The predicted molar refractivity (Wildman–Crippen MR) is 151 cm³/mol. The number of carbonyl (C=O) groups excluding carboxylic acids is 2. The van der Waals surface area contributed by atoms with Gasteiger partial charge in [0.2, 0.25) is 0 Å². The Morgan fingerprint density at radius 3 is 2.32 bits per heavy atom. The second kappa shape index (κ2) is 12.4. The quantitative estimate of drug-likeness (QED) is 0.327. The van der Waals surface area contributed by atoms with Gasteiger partial charge in [-0.25, -0.2) is 4.79 Å². The first-order valence-electron chi connectivity index (χ1n) is 13.1. The number of para-hydroxylation sites is 2. The molecule has 0 bridgehead atoms. The molecule has 3 aromatic carbocycles. The monoisotopic (exact) mass is 499 g/mol. The minimum Gasteiger partial charge on any atom is -0.397 e. The number of nitrogens with one attached hydrogen (secondary N) is 2. The van der Waals surface area contributed by atoms with Crippen LogP contribution in [0.25, 0.3) is 0 Å². The van der Waals surface area contributed by atoms with Crippen LogP contribution in [0.5, 0.6) is 0 Å². The summed E-state index contributed by atoms with van der Waals surface area (Å²) in [6.45, 7) is 7.98. The average Bonchev–Trinajstić information content (AvgIpc) is 3.38. The van der Waals surface area contributed by atoms with Crippen LogP contribution in [0.1, 0.15) is 47.3 Å². The Hall–Kier alpha value is -3.84. The molecule has 0 fully saturated rings. The third-order valence-electron chi connectivity index (χ3n) is 7.02. The number of hydrogen-bond donors (Lipinski definition) is 3. The lowest BCUT2D eigenvalue weighted by atomic mass is 10.1. The van der Waals surface area contributed by atoms with E-state index in [0.717, 1.165) is 43.7 Å². The second-order valence-electron chi connectivity index (χ2n) is 9.45. The van der Waals surface area contributed by atoms with E-state index in [1.54, 1.807) is 24.3 Å². The molecule has 0 saturated carbocycles. The summed E-state index contributed by atoms with van der Waals surface area (Å²) in [6, 6.07) is 20.7. The van der Waals surface area contributed by atoms with Crippen molar-refractivity contribution in [2.75, 3.05) is 42.5 Å². The highest BCUT2D eigenvalue weighted by atomic mass is 16.2. The van der Waals surface area contributed by atoms with E-state index in [1.807, 2.05) is 35.2 Å². The largest absolute Gasteiger partial charge is 0.397 e. The topological polar surface area (TPSA) is 90.7 Å². The summed E-state index contributed by atoms with van der Waals surface area (Å²) >= 11 is 0. The van der Waals surface area contributed by atoms with Crippen LogP contribution >= 0.6 is 0 Å². The third kappa shape index (κ3) is 6.89. The fourth-order valence-electron chi connectivity index (χ4n) is 4.69. The summed E-state index contributed by atoms with van der Waals surface area (Å²) in [4.78, 5) is 30.2. The highest BCUT2D eigenvalue weighted by Gasteiger charge is 2.18. The lowest BCUT2D eigenvalue weighted by molar-refractivity contribution is 0.102. The van der Waals surface area contributed by atoms with Crippen molar-refractivity contribution in [1.82, 2.24) is 9.80 Å². The van der Waals surface area contributed by atoms with Crippen molar-refractivity contribution in [3.05, 3.63) is 89.0 Å². The average molecular weight is 500 g/mol. The number of rotatable bonds is 10. The molecule has 0 aliphatic heterocycles. The Kier molecular flexibility index (Phi) is 8.80. The smallest absolute Gasteiger partial charge is 0.322 e. The molecule has 0 unspecified atom stereocenters. The van der Waals surface area contributed by atoms with E-state index < -0.39 is 0 Å². The van der Waals surface area contributed by atoms with Crippen LogP contribution in [-0.4, -0.2) is 47.9 Å². The van der Waals surface area contributed by atoms with Crippen molar-refractivity contribution in [2.24, 2.45) is 0 Å². The highest BCUT2D eigenvalue weighted by molar-refractivity contribution is 6.05. The fraction of sp³-hybridized carbons (Fsp3) is 0.333. The molecule has 4 rings (SSSR count). The van der Waals surface area contributed by atoms with Gasteiger partial charge in [0.15, 0.2) is 0 Å². The van der Waals surface area contributed by atoms with Gasteiger partial charge in [0.05, 0.1) is 11.4 Å². The van der Waals surface area contributed by atoms with Gasteiger partial charge in [-0.1, -0.05) is 44.2 Å². The molecule has 3 aromatic rings. The normalized spacial score (nSPS) is 12.3. The first-order chi connectivity index (χ1) is 18.0. The molecule has 0 spiro atoms. The first-order valence-corrected chi connectivity index (χ1v) is 13.1. The number of amides is 3. The SMILES string of the molecule is CCN(CC)CCN(Cc1ccc(C(=O)Nc2ccccc2N)cc1)C(=O)Nc1ccc2c(c1)CCC2. The number of benzene rings is 3. The maximum atomic E-state index is 13.3. The maximum absolute atomic E-state index is 13.3. The summed E-state index contributed by atoms with van der Waals surface area (Å²) in [6.07, 6.45) is 3.36. The zero-order chi connectivity index (χ0) is 26.2. The molecule has 37 heavy (non-hydrogen) atoms. The molecule has 0 saturated heterocycles. The van der Waals surface area contributed by atoms with Crippen molar-refractivity contribution in [3.8, 4) is 0 Å². The summed E-state index contributed by atoms with van der Waals surface area (Å²) in [5, 5.41) is 5.96. The minimum absolute atomic E-state index is 0.119. The fourth-order valence-corrected chi connectivity index (χ4v) is 4.69. The van der Waals surface area contributed by atoms with Gasteiger partial charge >= 0.3 is 6.03 Å². The number of aryl methyl sites for hydroxylation is 2. The third-order valence-corrected chi connectivity index (χ3v) is 7.02. The standard InChI is InChI=1S/C30H37N5O2/c1-3-34(4-2)18-19-35(30(37)32-26-17-16-23-8-7-9-25(23)20-26)21-22-12-14-24(15-13-22)29(36)33-28-11-6-5-10-27(28)31/h5-6,10-17,20H,3-4,7-9,18-19,21,31H2,1-2H3,(H,32,37)(H,33,36). The van der Waals surface area contributed by atoms with Crippen molar-refractivity contribution >= 4 is 29.0 Å². The number of likely N-dealkylation sites (N-methyl/N-ethyl adjacent to an activating group) is 1. The zero-order valence-electron chi connectivity index (χ0n) is 21.8. The van der Waals surface area contributed by atoms with Gasteiger partial charge in [-0.15, -0.1) is 0 Å². The highest BCUT2D eigenvalue weighted by Crippen LogP contribution is 2.25. The van der Waals surface area contributed by atoms with Crippen LogP contribution in [0.15, 0.2) is 66.7 Å². The van der Waals surface area contributed by atoms with Gasteiger partial charge in [0, 0.05) is 30.9 Å². The predicted octanol–water partition coefficient (Wildman–Crippen LogP) is 5.39. The van der Waals surface area contributed by atoms with E-state index in [0.29, 0.717) is 30.0 Å². The lowest BCUT2D eigenvalue weighted by Crippen LogP contribution is -2.40. The number of carbonyl (C=O) groups is 2. The van der Waals surface area contributed by atoms with Crippen LogP contribution in [0.3, 0.4) is 0 Å². The Balaban J connectivity index is 1.44. The van der Waals surface area contributed by atoms with E-state index in [4.69, 9.17) is 5.73 Å². The number of urea groups is 1. The number of nitrogens with zero attached hydrogens (tertiary/aromatic N) is 2. The Labute approximate surface area is 219 Å². The summed E-state index contributed by atoms with van der Waals surface area (Å²) in [7, 11) is 0. The molecule has 7 nitrogen and oxygen atoms in total. The lowest BCUT2D eigenvalue weighted by Gasteiger charge is -2.27. The van der Waals surface area contributed by atoms with E-state index in [-0.39, 0.29) is 11.9 Å². The molecule has 194 valence electrons. The van der Waals surface area contributed by atoms with Crippen LogP contribution in [0.2, 0.25) is 0 Å². The van der Waals surface area contributed by atoms with Gasteiger partial charge in [0.25, 0.3) is 5.91 Å². The summed E-state index contributed by atoms with van der Waals surface area (Å²) in [5.41, 5.74) is 12.1. The van der Waals surface area contributed by atoms with Gasteiger partial charge in [0.1, 0.15) is 0 Å². The summed E-state index contributed by atoms with van der Waals surface area (Å²) in [5.74, 6) is -0.225. The van der Waals surface area contributed by atoms with Gasteiger partial charge in [-0.05, 0) is 85.4 Å². The number of anilines is 3. The van der Waals surface area contributed by atoms with Gasteiger partial charge in [-0.3, -0.25) is 4.79 Å². The number of nitrogens with two attached hydrogens (primary N) is 1. The van der Waals surface area contributed by atoms with Crippen molar-refractivity contribution < 1.29 is 9.59 Å². The molecule has 3 amide bonds. The van der Waals surface area contributed by atoms with Crippen LogP contribution < -0.4 is 16.4 Å². The number of nitrogen functional groups attached to an aromatic ring is 1. The van der Waals surface area contributed by atoms with Crippen molar-refractivity contribution in [2.45, 2.75) is 39.7 Å². The molecule has 7 heteroatoms. The number of fused-ring (bicyclic) bond motifs is 1. The molecule has 0 atom stereocenters. The first kappa shape index (κ1) is 26.2.